The summed E-state index contributed by atoms with van der Waals surface area (Å²) in [6.45, 7) is 0. The van der Waals surface area contributed by atoms with Gasteiger partial charge in [-0.15, -0.1) is 0 Å². The average molecular weight is 293 g/mol. The van der Waals surface area contributed by atoms with Gasteiger partial charge < -0.3 is 0 Å². The van der Waals surface area contributed by atoms with Gasteiger partial charge in [0.2, 0.25) is 5.95 Å². The van der Waals surface area contributed by atoms with Crippen molar-refractivity contribution in [3.8, 4) is 5.95 Å². The normalized spacial score (nSPS) is 10.9. The number of rotatable bonds is 1. The van der Waals surface area contributed by atoms with Gasteiger partial charge in [-0.05, 0) is 28.1 Å². The van der Waals surface area contributed by atoms with E-state index in [9.17, 15) is 4.39 Å². The van der Waals surface area contributed by atoms with Gasteiger partial charge in [0, 0.05) is 17.8 Å². The molecule has 3 heterocycles. The van der Waals surface area contributed by atoms with Crippen LogP contribution in [0.1, 0.15) is 0 Å². The van der Waals surface area contributed by atoms with Crippen molar-refractivity contribution >= 4 is 26.8 Å². The molecule has 17 heavy (non-hydrogen) atoms. The molecule has 0 aromatic carbocycles. The number of fused-ring (bicyclic) bond motifs is 1. The van der Waals surface area contributed by atoms with Crippen LogP contribution in [0.5, 0.6) is 0 Å². The molecule has 4 nitrogen and oxygen atoms in total. The standard InChI is InChI=1S/C11H6BrFN4/c12-10-8-2-4-17(9(8)1-3-14-10)11-15-5-7(13)6-16-11/h1-6H. The molecule has 0 spiro atoms. The monoisotopic (exact) mass is 292 g/mol. The summed E-state index contributed by atoms with van der Waals surface area (Å²) < 4.78 is 15.3. The first-order valence-corrected chi connectivity index (χ1v) is 5.64. The van der Waals surface area contributed by atoms with Crippen molar-refractivity contribution in [1.29, 1.82) is 0 Å². The Balaban J connectivity index is 2.24. The maximum absolute atomic E-state index is 12.8. The molecule has 0 saturated carbocycles. The third kappa shape index (κ3) is 1.70. The maximum atomic E-state index is 12.8. The van der Waals surface area contributed by atoms with Gasteiger partial charge in [0.05, 0.1) is 17.9 Å². The molecule has 0 N–H and O–H groups in total. The first-order chi connectivity index (χ1) is 8.25. The number of pyridine rings is 1. The molecule has 0 amide bonds. The lowest BCUT2D eigenvalue weighted by atomic mass is 10.3. The van der Waals surface area contributed by atoms with Gasteiger partial charge in [-0.25, -0.2) is 19.3 Å². The number of hydrogen-bond donors (Lipinski definition) is 0. The Hall–Kier alpha value is -1.82. The van der Waals surface area contributed by atoms with Crippen LogP contribution in [0.2, 0.25) is 0 Å². The summed E-state index contributed by atoms with van der Waals surface area (Å²) >= 11 is 3.37. The lowest BCUT2D eigenvalue weighted by Gasteiger charge is -2.02. The van der Waals surface area contributed by atoms with E-state index in [4.69, 9.17) is 0 Å². The van der Waals surface area contributed by atoms with Gasteiger partial charge in [-0.3, -0.25) is 4.57 Å². The van der Waals surface area contributed by atoms with E-state index in [-0.39, 0.29) is 0 Å². The van der Waals surface area contributed by atoms with E-state index < -0.39 is 5.82 Å². The lowest BCUT2D eigenvalue weighted by molar-refractivity contribution is 0.611. The molecule has 0 atom stereocenters. The van der Waals surface area contributed by atoms with Crippen molar-refractivity contribution in [2.45, 2.75) is 0 Å². The minimum absolute atomic E-state index is 0.430. The fourth-order valence-electron chi connectivity index (χ4n) is 1.64. The summed E-state index contributed by atoms with van der Waals surface area (Å²) in [5.74, 6) is -0.0208. The molecule has 0 saturated heterocycles. The van der Waals surface area contributed by atoms with Crippen LogP contribution in [-0.2, 0) is 0 Å². The Bertz CT molecular complexity index is 678. The Labute approximate surface area is 104 Å². The number of halogens is 2. The average Bonchev–Trinajstić information content (AvgIpc) is 2.75. The predicted molar refractivity (Wildman–Crippen MR) is 64.3 cm³/mol. The van der Waals surface area contributed by atoms with Crippen LogP contribution in [0.15, 0.2) is 41.5 Å². The molecular weight excluding hydrogens is 287 g/mol. The summed E-state index contributed by atoms with van der Waals surface area (Å²) in [6.07, 6.45) is 5.80. The minimum atomic E-state index is -0.451. The van der Waals surface area contributed by atoms with Crippen molar-refractivity contribution < 1.29 is 4.39 Å². The largest absolute Gasteiger partial charge is 0.285 e. The third-order valence-electron chi connectivity index (χ3n) is 2.39. The zero-order valence-electron chi connectivity index (χ0n) is 8.51. The smallest absolute Gasteiger partial charge is 0.234 e. The topological polar surface area (TPSA) is 43.6 Å². The SMILES string of the molecule is Fc1cnc(-n2ccc3c(Br)nccc32)nc1. The maximum Gasteiger partial charge on any atom is 0.234 e. The van der Waals surface area contributed by atoms with E-state index in [1.165, 1.54) is 0 Å². The molecule has 0 radical (unpaired) electrons. The van der Waals surface area contributed by atoms with Gasteiger partial charge in [-0.1, -0.05) is 0 Å². The van der Waals surface area contributed by atoms with Crippen LogP contribution in [-0.4, -0.2) is 19.5 Å². The molecule has 0 aliphatic rings. The van der Waals surface area contributed by atoms with Gasteiger partial charge >= 0.3 is 0 Å². The van der Waals surface area contributed by atoms with Crippen LogP contribution in [0, 0.1) is 5.82 Å². The summed E-state index contributed by atoms with van der Waals surface area (Å²) in [5.41, 5.74) is 0.915. The first-order valence-electron chi connectivity index (χ1n) is 4.85. The Morgan fingerprint density at radius 1 is 1.12 bits per heavy atom. The zero-order chi connectivity index (χ0) is 11.8. The van der Waals surface area contributed by atoms with E-state index in [2.05, 4.69) is 30.9 Å². The molecule has 0 unspecified atom stereocenters. The van der Waals surface area contributed by atoms with Crippen LogP contribution in [0.25, 0.3) is 16.9 Å². The van der Waals surface area contributed by atoms with Crippen LogP contribution >= 0.6 is 15.9 Å². The second-order valence-corrected chi connectivity index (χ2v) is 4.17. The minimum Gasteiger partial charge on any atom is -0.285 e. The van der Waals surface area contributed by atoms with Crippen LogP contribution < -0.4 is 0 Å². The van der Waals surface area contributed by atoms with E-state index in [1.807, 2.05) is 18.3 Å². The number of hydrogen-bond acceptors (Lipinski definition) is 3. The molecule has 6 heteroatoms. The van der Waals surface area contributed by atoms with Crippen molar-refractivity contribution in [2.24, 2.45) is 0 Å². The highest BCUT2D eigenvalue weighted by Crippen LogP contribution is 2.23. The molecule has 0 bridgehead atoms. The fourth-order valence-corrected chi connectivity index (χ4v) is 2.09. The van der Waals surface area contributed by atoms with Crippen LogP contribution in [0.4, 0.5) is 4.39 Å². The third-order valence-corrected chi connectivity index (χ3v) is 3.02. The van der Waals surface area contributed by atoms with E-state index in [1.54, 1.807) is 10.8 Å². The lowest BCUT2D eigenvalue weighted by Crippen LogP contribution is -1.99. The Kier molecular flexibility index (Phi) is 2.36. The van der Waals surface area contributed by atoms with Gasteiger partial charge in [0.25, 0.3) is 0 Å². The summed E-state index contributed by atoms with van der Waals surface area (Å²) in [5, 5.41) is 0.959. The molecular formula is C11H6BrFN4. The fraction of sp³-hybridized carbons (Fsp3) is 0. The molecule has 0 aliphatic heterocycles. The van der Waals surface area contributed by atoms with E-state index >= 15 is 0 Å². The number of nitrogens with zero attached hydrogens (tertiary/aromatic N) is 4. The highest BCUT2D eigenvalue weighted by atomic mass is 79.9. The highest BCUT2D eigenvalue weighted by molar-refractivity contribution is 9.10. The van der Waals surface area contributed by atoms with Gasteiger partial charge in [0.1, 0.15) is 4.60 Å². The predicted octanol–water partition coefficient (Wildman–Crippen LogP) is 2.72. The quantitative estimate of drug-likeness (QED) is 0.648. The Morgan fingerprint density at radius 3 is 2.65 bits per heavy atom. The zero-order valence-corrected chi connectivity index (χ0v) is 10.1. The molecule has 3 rings (SSSR count). The highest BCUT2D eigenvalue weighted by Gasteiger charge is 2.07. The van der Waals surface area contributed by atoms with Crippen molar-refractivity contribution in [3.05, 3.63) is 47.3 Å². The molecule has 3 aromatic rings. The second-order valence-electron chi connectivity index (χ2n) is 3.42. The molecule has 3 aromatic heterocycles. The van der Waals surface area contributed by atoms with Crippen molar-refractivity contribution in [3.63, 3.8) is 0 Å². The molecule has 84 valence electrons. The van der Waals surface area contributed by atoms with E-state index in [0.717, 1.165) is 27.9 Å². The first kappa shape index (κ1) is 10.3. The Morgan fingerprint density at radius 2 is 1.88 bits per heavy atom. The van der Waals surface area contributed by atoms with Gasteiger partial charge in [-0.2, -0.15) is 0 Å². The second kappa shape index (κ2) is 3.89. The number of aromatic nitrogens is 4. The van der Waals surface area contributed by atoms with Crippen LogP contribution in [0.3, 0.4) is 0 Å². The summed E-state index contributed by atoms with van der Waals surface area (Å²) in [4.78, 5) is 12.0. The van der Waals surface area contributed by atoms with Crippen molar-refractivity contribution in [1.82, 2.24) is 19.5 Å². The summed E-state index contributed by atoms with van der Waals surface area (Å²) in [6, 6.07) is 3.76. The van der Waals surface area contributed by atoms with Gasteiger partial charge in [0.15, 0.2) is 5.82 Å². The molecule has 0 aliphatic carbocycles. The van der Waals surface area contributed by atoms with Crippen molar-refractivity contribution in [2.75, 3.05) is 0 Å². The van der Waals surface area contributed by atoms with E-state index in [0.29, 0.717) is 5.95 Å². The molecule has 0 fully saturated rings. The summed E-state index contributed by atoms with van der Waals surface area (Å²) in [7, 11) is 0.